The third-order valence-electron chi connectivity index (χ3n) is 5.03. The number of likely N-dealkylation sites (N-methyl/N-ethyl adjacent to an activating group) is 1. The Morgan fingerprint density at radius 3 is 2.00 bits per heavy atom. The number of nitrogens with one attached hydrogen (secondary N) is 2. The maximum Gasteiger partial charge on any atom is 0.416 e. The van der Waals surface area contributed by atoms with Gasteiger partial charge < -0.3 is 15.6 Å². The highest BCUT2D eigenvalue weighted by atomic mass is 35.5. The van der Waals surface area contributed by atoms with Gasteiger partial charge in [0.25, 0.3) is 0 Å². The summed E-state index contributed by atoms with van der Waals surface area (Å²) in [6, 6.07) is 1.06. The SMILES string of the molecule is CCNc1ncc(N(C)C(=O)C(C)(C)c2cc(C(F)(F)F)cc(C(F)(F)F)c2)c(Cl)c1C=N. The number of benzene rings is 1. The first kappa shape index (κ1) is 26.4. The molecule has 2 N–H and O–H groups in total. The molecule has 0 saturated heterocycles. The zero-order chi connectivity index (χ0) is 25.4. The van der Waals surface area contributed by atoms with Crippen LogP contribution in [0.5, 0.6) is 0 Å². The van der Waals surface area contributed by atoms with Gasteiger partial charge in [-0.1, -0.05) is 11.6 Å². The molecule has 0 fully saturated rings. The molecule has 0 saturated carbocycles. The van der Waals surface area contributed by atoms with E-state index in [0.29, 0.717) is 18.7 Å². The van der Waals surface area contributed by atoms with Crippen LogP contribution in [0.2, 0.25) is 5.02 Å². The maximum atomic E-state index is 13.3. The van der Waals surface area contributed by atoms with Gasteiger partial charge in [0.2, 0.25) is 5.91 Å². The van der Waals surface area contributed by atoms with Crippen molar-refractivity contribution in [1.29, 1.82) is 5.41 Å². The Morgan fingerprint density at radius 1 is 1.09 bits per heavy atom. The molecule has 0 aliphatic rings. The molecule has 2 aromatic rings. The topological polar surface area (TPSA) is 69.1 Å². The van der Waals surface area contributed by atoms with Crippen LogP contribution >= 0.6 is 11.6 Å². The molecule has 1 aromatic carbocycles. The van der Waals surface area contributed by atoms with Crippen LogP contribution in [0.4, 0.5) is 37.8 Å². The summed E-state index contributed by atoms with van der Waals surface area (Å²) in [6.07, 6.45) is -7.94. The fourth-order valence-electron chi connectivity index (χ4n) is 3.14. The molecule has 2 rings (SSSR count). The predicted molar refractivity (Wildman–Crippen MR) is 114 cm³/mol. The highest BCUT2D eigenvalue weighted by Gasteiger charge is 2.41. The molecule has 0 unspecified atom stereocenters. The van der Waals surface area contributed by atoms with E-state index >= 15 is 0 Å². The summed E-state index contributed by atoms with van der Waals surface area (Å²) in [5, 5.41) is 10.4. The van der Waals surface area contributed by atoms with Gasteiger partial charge in [-0.05, 0) is 44.5 Å². The highest BCUT2D eigenvalue weighted by Crippen LogP contribution is 2.40. The number of amides is 1. The van der Waals surface area contributed by atoms with Crippen molar-refractivity contribution in [1.82, 2.24) is 4.98 Å². The summed E-state index contributed by atoms with van der Waals surface area (Å²) in [5.74, 6) is -0.542. The Hall–Kier alpha value is -2.82. The van der Waals surface area contributed by atoms with Crippen LogP contribution in [0.3, 0.4) is 0 Å². The monoisotopic (exact) mass is 494 g/mol. The smallest absolute Gasteiger partial charge is 0.370 e. The van der Waals surface area contributed by atoms with Gasteiger partial charge in [0, 0.05) is 19.8 Å². The molecule has 5 nitrogen and oxygen atoms in total. The van der Waals surface area contributed by atoms with Gasteiger partial charge in [0.15, 0.2) is 0 Å². The van der Waals surface area contributed by atoms with Crippen molar-refractivity contribution in [2.75, 3.05) is 23.8 Å². The average Bonchev–Trinajstić information content (AvgIpc) is 2.71. The molecule has 1 aromatic heterocycles. The summed E-state index contributed by atoms with van der Waals surface area (Å²) in [5.41, 5.74) is -5.09. The lowest BCUT2D eigenvalue weighted by Crippen LogP contribution is -2.42. The number of rotatable bonds is 6. The van der Waals surface area contributed by atoms with Gasteiger partial charge in [-0.2, -0.15) is 26.3 Å². The van der Waals surface area contributed by atoms with E-state index in [1.807, 2.05) is 0 Å². The van der Waals surface area contributed by atoms with Gasteiger partial charge in [-0.15, -0.1) is 0 Å². The van der Waals surface area contributed by atoms with E-state index in [9.17, 15) is 31.1 Å². The van der Waals surface area contributed by atoms with E-state index in [4.69, 9.17) is 17.0 Å². The number of carbonyl (C=O) groups excluding carboxylic acids is 1. The van der Waals surface area contributed by atoms with Gasteiger partial charge in [0.1, 0.15) is 5.82 Å². The minimum absolute atomic E-state index is 0.00434. The van der Waals surface area contributed by atoms with Crippen LogP contribution in [0.25, 0.3) is 0 Å². The van der Waals surface area contributed by atoms with Gasteiger partial charge >= 0.3 is 12.4 Å². The molecule has 0 aliphatic carbocycles. The predicted octanol–water partition coefficient (Wildman–Crippen LogP) is 6.14. The summed E-state index contributed by atoms with van der Waals surface area (Å²) < 4.78 is 79.6. The van der Waals surface area contributed by atoms with E-state index in [-0.39, 0.29) is 28.2 Å². The van der Waals surface area contributed by atoms with Crippen molar-refractivity contribution in [3.63, 3.8) is 0 Å². The molecule has 0 spiro atoms. The zero-order valence-electron chi connectivity index (χ0n) is 18.0. The number of hydrogen-bond donors (Lipinski definition) is 2. The molecule has 0 bridgehead atoms. The van der Waals surface area contributed by atoms with Crippen LogP contribution in [-0.2, 0) is 22.6 Å². The minimum atomic E-state index is -5.05. The number of aromatic nitrogens is 1. The molecule has 0 radical (unpaired) electrons. The van der Waals surface area contributed by atoms with E-state index in [1.165, 1.54) is 27.1 Å². The Bertz CT molecular complexity index is 1030. The standard InChI is InChI=1S/C21H21ClF6N4O/c1-5-30-17-14(9-29)16(22)15(10-31-17)32(4)18(33)19(2,3)11-6-12(20(23,24)25)8-13(7-11)21(26,27)28/h6-10,29H,5H2,1-4H3,(H,30,31). The second-order valence-corrected chi connectivity index (χ2v) is 8.06. The lowest BCUT2D eigenvalue weighted by molar-refractivity contribution is -0.143. The fourth-order valence-corrected chi connectivity index (χ4v) is 3.46. The van der Waals surface area contributed by atoms with Gasteiger partial charge in [0.05, 0.1) is 39.0 Å². The number of anilines is 2. The lowest BCUT2D eigenvalue weighted by Gasteiger charge is -2.31. The number of pyridine rings is 1. The van der Waals surface area contributed by atoms with E-state index in [2.05, 4.69) is 10.3 Å². The second kappa shape index (κ2) is 9.20. The van der Waals surface area contributed by atoms with Crippen molar-refractivity contribution in [2.24, 2.45) is 0 Å². The Morgan fingerprint density at radius 2 is 1.58 bits per heavy atom. The number of halogens is 7. The van der Waals surface area contributed by atoms with E-state index in [0.717, 1.165) is 11.1 Å². The fraction of sp³-hybridized carbons (Fsp3) is 0.381. The highest BCUT2D eigenvalue weighted by molar-refractivity contribution is 6.36. The van der Waals surface area contributed by atoms with Crippen molar-refractivity contribution >= 4 is 35.2 Å². The van der Waals surface area contributed by atoms with Crippen LogP contribution in [0.1, 0.15) is 43.0 Å². The van der Waals surface area contributed by atoms with Gasteiger partial charge in [-0.3, -0.25) is 4.79 Å². The van der Waals surface area contributed by atoms with Crippen molar-refractivity contribution in [2.45, 2.75) is 38.5 Å². The molecule has 0 atom stereocenters. The van der Waals surface area contributed by atoms with E-state index < -0.39 is 40.4 Å². The van der Waals surface area contributed by atoms with Crippen LogP contribution in [0.15, 0.2) is 24.4 Å². The molecule has 180 valence electrons. The third kappa shape index (κ3) is 5.40. The van der Waals surface area contributed by atoms with Crippen LogP contribution in [0, 0.1) is 5.41 Å². The number of carbonyl (C=O) groups is 1. The Kier molecular flexibility index (Phi) is 7.37. The molecule has 0 aliphatic heterocycles. The molecule has 1 heterocycles. The molecule has 1 amide bonds. The third-order valence-corrected chi connectivity index (χ3v) is 5.43. The van der Waals surface area contributed by atoms with Crippen molar-refractivity contribution in [3.05, 3.63) is 51.7 Å². The first-order valence-corrected chi connectivity index (χ1v) is 9.94. The van der Waals surface area contributed by atoms with Crippen molar-refractivity contribution in [3.8, 4) is 0 Å². The van der Waals surface area contributed by atoms with Crippen LogP contribution in [-0.4, -0.2) is 30.7 Å². The first-order valence-electron chi connectivity index (χ1n) is 9.56. The van der Waals surface area contributed by atoms with Crippen LogP contribution < -0.4 is 10.2 Å². The largest absolute Gasteiger partial charge is 0.416 e. The molecular formula is C21H21ClF6N4O. The second-order valence-electron chi connectivity index (χ2n) is 7.68. The van der Waals surface area contributed by atoms with Gasteiger partial charge in [-0.25, -0.2) is 4.98 Å². The Labute approximate surface area is 191 Å². The molecular weight excluding hydrogens is 474 g/mol. The maximum absolute atomic E-state index is 13.3. The summed E-state index contributed by atoms with van der Waals surface area (Å²) in [4.78, 5) is 18.4. The zero-order valence-corrected chi connectivity index (χ0v) is 18.8. The minimum Gasteiger partial charge on any atom is -0.370 e. The molecule has 33 heavy (non-hydrogen) atoms. The van der Waals surface area contributed by atoms with Crippen molar-refractivity contribution < 1.29 is 31.1 Å². The van der Waals surface area contributed by atoms with E-state index in [1.54, 1.807) is 6.92 Å². The number of nitrogens with zero attached hydrogens (tertiary/aromatic N) is 2. The average molecular weight is 495 g/mol. The quantitative estimate of drug-likeness (QED) is 0.374. The number of alkyl halides is 6. The number of hydrogen-bond acceptors (Lipinski definition) is 4. The Balaban J connectivity index is 2.59. The molecule has 12 heteroatoms. The summed E-state index contributed by atoms with van der Waals surface area (Å²) in [6.45, 7) is 4.70. The summed E-state index contributed by atoms with van der Waals surface area (Å²) >= 11 is 6.33. The lowest BCUT2D eigenvalue weighted by atomic mass is 9.81. The summed E-state index contributed by atoms with van der Waals surface area (Å²) in [7, 11) is 1.27. The normalized spacial score (nSPS) is 12.5. The first-order chi connectivity index (χ1) is 15.1.